The van der Waals surface area contributed by atoms with Crippen LogP contribution in [-0.2, 0) is 17.6 Å². The highest BCUT2D eigenvalue weighted by Crippen LogP contribution is 2.23. The quantitative estimate of drug-likeness (QED) is 0.312. The Morgan fingerprint density at radius 2 is 1.86 bits per heavy atom. The first-order chi connectivity index (χ1) is 10.1. The molecule has 0 aromatic heterocycles. The number of benzene rings is 1. The summed E-state index contributed by atoms with van der Waals surface area (Å²) in [5.41, 5.74) is 8.69. The van der Waals surface area contributed by atoms with Gasteiger partial charge in [-0.3, -0.25) is 4.79 Å². The molecule has 0 saturated carbocycles. The molecular weight excluding hydrogens is 266 g/mol. The summed E-state index contributed by atoms with van der Waals surface area (Å²) in [6, 6.07) is 6.01. The average molecular weight is 291 g/mol. The number of carbonyl (C=O) groups is 1. The number of nitrogens with one attached hydrogen (secondary N) is 1. The summed E-state index contributed by atoms with van der Waals surface area (Å²) in [5, 5.41) is 14.8. The normalized spacial score (nSPS) is 13.0. The fourth-order valence-corrected chi connectivity index (χ4v) is 2.39. The average Bonchev–Trinajstić information content (AvgIpc) is 2.51. The van der Waals surface area contributed by atoms with Crippen LogP contribution >= 0.6 is 0 Å². The number of oxime groups is 1. The van der Waals surface area contributed by atoms with Crippen molar-refractivity contribution in [2.75, 3.05) is 5.32 Å². The van der Waals surface area contributed by atoms with Crippen molar-refractivity contribution in [1.82, 2.24) is 0 Å². The molecule has 21 heavy (non-hydrogen) atoms. The van der Waals surface area contributed by atoms with Crippen LogP contribution in [0.15, 0.2) is 23.4 Å². The Kier molecular flexibility index (Phi) is 6.72. The Bertz CT molecular complexity index is 490. The van der Waals surface area contributed by atoms with Crippen molar-refractivity contribution in [3.05, 3.63) is 29.3 Å². The summed E-state index contributed by atoms with van der Waals surface area (Å²) in [5.74, 6) is -0.862. The highest BCUT2D eigenvalue weighted by Gasteiger charge is 2.23. The second-order valence-corrected chi connectivity index (χ2v) is 5.01. The maximum absolute atomic E-state index is 12.5. The van der Waals surface area contributed by atoms with Gasteiger partial charge in [0.05, 0.1) is 5.92 Å². The molecule has 0 radical (unpaired) electrons. The van der Waals surface area contributed by atoms with Crippen LogP contribution in [0.5, 0.6) is 0 Å². The predicted molar refractivity (Wildman–Crippen MR) is 85.6 cm³/mol. The van der Waals surface area contributed by atoms with E-state index in [-0.39, 0.29) is 11.7 Å². The fourth-order valence-electron chi connectivity index (χ4n) is 2.39. The Labute approximate surface area is 126 Å². The smallest absolute Gasteiger partial charge is 0.235 e. The minimum absolute atomic E-state index is 0.0404. The van der Waals surface area contributed by atoms with Crippen LogP contribution in [0.3, 0.4) is 0 Å². The standard InChI is InChI=1S/C16H25N3O2/c1-4-8-13(15(17)19-21)16(20)18-14-11(5-2)9-7-10-12(14)6-3/h7,9-10,13,21H,4-6,8H2,1-3H3,(H2,17,19)(H,18,20). The largest absolute Gasteiger partial charge is 0.409 e. The fraction of sp³-hybridized carbons (Fsp3) is 0.500. The van der Waals surface area contributed by atoms with Gasteiger partial charge >= 0.3 is 0 Å². The van der Waals surface area contributed by atoms with Crippen LogP contribution in [0.25, 0.3) is 0 Å². The summed E-state index contributed by atoms with van der Waals surface area (Å²) in [4.78, 5) is 12.5. The molecule has 1 unspecified atom stereocenters. The molecule has 0 aliphatic rings. The van der Waals surface area contributed by atoms with E-state index >= 15 is 0 Å². The second-order valence-electron chi connectivity index (χ2n) is 5.01. The van der Waals surface area contributed by atoms with Crippen molar-refractivity contribution in [3.63, 3.8) is 0 Å². The number of carbonyl (C=O) groups excluding carboxylic acids is 1. The van der Waals surface area contributed by atoms with E-state index in [9.17, 15) is 4.79 Å². The number of aryl methyl sites for hydroxylation is 2. The third-order valence-corrected chi connectivity index (χ3v) is 3.61. The van der Waals surface area contributed by atoms with Gasteiger partial charge in [0.2, 0.25) is 5.91 Å². The number of anilines is 1. The lowest BCUT2D eigenvalue weighted by atomic mass is 9.99. The number of amides is 1. The maximum atomic E-state index is 12.5. The van der Waals surface area contributed by atoms with Crippen LogP contribution in [0.4, 0.5) is 5.69 Å². The molecule has 5 nitrogen and oxygen atoms in total. The van der Waals surface area contributed by atoms with E-state index in [2.05, 4.69) is 24.3 Å². The zero-order valence-corrected chi connectivity index (χ0v) is 13.0. The number of nitrogens with zero attached hydrogens (tertiary/aromatic N) is 1. The molecule has 1 amide bonds. The van der Waals surface area contributed by atoms with Gasteiger partial charge in [0.25, 0.3) is 0 Å². The molecule has 0 fully saturated rings. The summed E-state index contributed by atoms with van der Waals surface area (Å²) in [6.45, 7) is 6.07. The summed E-state index contributed by atoms with van der Waals surface area (Å²) in [6.07, 6.45) is 3.01. The van der Waals surface area contributed by atoms with Gasteiger partial charge in [0, 0.05) is 5.69 Å². The van der Waals surface area contributed by atoms with Gasteiger partial charge < -0.3 is 16.3 Å². The number of hydrogen-bond donors (Lipinski definition) is 3. The van der Waals surface area contributed by atoms with Crippen molar-refractivity contribution < 1.29 is 10.0 Å². The maximum Gasteiger partial charge on any atom is 0.235 e. The van der Waals surface area contributed by atoms with E-state index in [0.717, 1.165) is 36.1 Å². The third-order valence-electron chi connectivity index (χ3n) is 3.61. The van der Waals surface area contributed by atoms with Gasteiger partial charge in [-0.25, -0.2) is 0 Å². The molecule has 0 bridgehead atoms. The van der Waals surface area contributed by atoms with E-state index in [4.69, 9.17) is 10.9 Å². The van der Waals surface area contributed by atoms with Crippen molar-refractivity contribution in [1.29, 1.82) is 0 Å². The minimum Gasteiger partial charge on any atom is -0.409 e. The number of para-hydroxylation sites is 1. The summed E-state index contributed by atoms with van der Waals surface area (Å²) in [7, 11) is 0. The van der Waals surface area contributed by atoms with E-state index in [1.807, 2.05) is 25.1 Å². The molecule has 0 aliphatic carbocycles. The molecule has 1 rings (SSSR count). The molecular formula is C16H25N3O2. The number of hydrogen-bond acceptors (Lipinski definition) is 3. The number of rotatable bonds is 7. The molecule has 0 aliphatic heterocycles. The highest BCUT2D eigenvalue weighted by molar-refractivity contribution is 6.08. The van der Waals surface area contributed by atoms with E-state index in [1.54, 1.807) is 0 Å². The van der Waals surface area contributed by atoms with Crippen LogP contribution in [0, 0.1) is 5.92 Å². The molecule has 5 heteroatoms. The molecule has 1 aromatic carbocycles. The molecule has 0 heterocycles. The number of amidine groups is 1. The van der Waals surface area contributed by atoms with Gasteiger partial charge in [-0.15, -0.1) is 0 Å². The minimum atomic E-state index is -0.602. The molecule has 1 aromatic rings. The first-order valence-corrected chi connectivity index (χ1v) is 7.47. The van der Waals surface area contributed by atoms with E-state index in [0.29, 0.717) is 6.42 Å². The van der Waals surface area contributed by atoms with Crippen LogP contribution < -0.4 is 11.1 Å². The molecule has 116 valence electrons. The first-order valence-electron chi connectivity index (χ1n) is 7.47. The lowest BCUT2D eigenvalue weighted by Gasteiger charge is -2.18. The van der Waals surface area contributed by atoms with E-state index in [1.165, 1.54) is 0 Å². The third kappa shape index (κ3) is 4.21. The molecule has 4 N–H and O–H groups in total. The van der Waals surface area contributed by atoms with Crippen molar-refractivity contribution in [2.45, 2.75) is 46.5 Å². The topological polar surface area (TPSA) is 87.7 Å². The highest BCUT2D eigenvalue weighted by atomic mass is 16.4. The lowest BCUT2D eigenvalue weighted by Crippen LogP contribution is -2.35. The molecule has 1 atom stereocenters. The van der Waals surface area contributed by atoms with Gasteiger partial charge in [-0.2, -0.15) is 0 Å². The van der Waals surface area contributed by atoms with Crippen molar-refractivity contribution >= 4 is 17.4 Å². The van der Waals surface area contributed by atoms with E-state index < -0.39 is 5.92 Å². The second kappa shape index (κ2) is 8.29. The summed E-state index contributed by atoms with van der Waals surface area (Å²) < 4.78 is 0. The Morgan fingerprint density at radius 1 is 1.29 bits per heavy atom. The summed E-state index contributed by atoms with van der Waals surface area (Å²) >= 11 is 0. The Hall–Kier alpha value is -2.04. The molecule has 0 saturated heterocycles. The van der Waals surface area contributed by atoms with Gasteiger partial charge in [0.15, 0.2) is 5.84 Å². The van der Waals surface area contributed by atoms with Crippen LogP contribution in [0.2, 0.25) is 0 Å². The Balaban J connectivity index is 3.06. The van der Waals surface area contributed by atoms with Crippen molar-refractivity contribution in [3.8, 4) is 0 Å². The SMILES string of the molecule is CCCC(C(=O)Nc1c(CC)cccc1CC)C(N)=NO. The number of nitrogens with two attached hydrogens (primary N) is 1. The van der Waals surface area contributed by atoms with Gasteiger partial charge in [-0.05, 0) is 30.4 Å². The Morgan fingerprint density at radius 3 is 2.29 bits per heavy atom. The van der Waals surface area contributed by atoms with Crippen molar-refractivity contribution in [2.24, 2.45) is 16.8 Å². The van der Waals surface area contributed by atoms with Crippen LogP contribution in [0.1, 0.15) is 44.7 Å². The first kappa shape index (κ1) is 17.0. The molecule has 0 spiro atoms. The van der Waals surface area contributed by atoms with Gasteiger partial charge in [-0.1, -0.05) is 50.5 Å². The zero-order valence-electron chi connectivity index (χ0n) is 13.0. The van der Waals surface area contributed by atoms with Gasteiger partial charge in [0.1, 0.15) is 0 Å². The lowest BCUT2D eigenvalue weighted by molar-refractivity contribution is -0.118. The zero-order chi connectivity index (χ0) is 15.8. The monoisotopic (exact) mass is 291 g/mol. The predicted octanol–water partition coefficient (Wildman–Crippen LogP) is 2.91. The van der Waals surface area contributed by atoms with Crippen LogP contribution in [-0.4, -0.2) is 17.0 Å².